The van der Waals surface area contributed by atoms with Crippen molar-refractivity contribution in [3.05, 3.63) is 35.4 Å². The van der Waals surface area contributed by atoms with E-state index in [2.05, 4.69) is 0 Å². The summed E-state index contributed by atoms with van der Waals surface area (Å²) in [5, 5.41) is 9.24. The number of aliphatic hydroxyl groups is 1. The van der Waals surface area contributed by atoms with Crippen LogP contribution in [0.25, 0.3) is 0 Å². The molecule has 1 heterocycles. The van der Waals surface area contributed by atoms with Gasteiger partial charge < -0.3 is 5.11 Å². The molecule has 1 aromatic rings. The third-order valence-electron chi connectivity index (χ3n) is 4.06. The quantitative estimate of drug-likeness (QED) is 0.922. The molecule has 0 bridgehead atoms. The van der Waals surface area contributed by atoms with E-state index in [0.29, 0.717) is 12.1 Å². The predicted molar refractivity (Wildman–Crippen MR) is 71.1 cm³/mol. The summed E-state index contributed by atoms with van der Waals surface area (Å²) in [6, 6.07) is 5.98. The fraction of sp³-hybridized carbons (Fsp3) is 0.600. The van der Waals surface area contributed by atoms with Crippen LogP contribution in [0.15, 0.2) is 24.3 Å². The lowest BCUT2D eigenvalue weighted by atomic mass is 9.93. The number of alkyl halides is 3. The molecule has 0 radical (unpaired) electrons. The topological polar surface area (TPSA) is 23.5 Å². The second-order valence-electron chi connectivity index (χ2n) is 5.56. The number of piperidine rings is 1. The summed E-state index contributed by atoms with van der Waals surface area (Å²) in [6.07, 6.45) is -2.46. The van der Waals surface area contributed by atoms with Crippen LogP contribution in [-0.2, 0) is 12.7 Å². The Morgan fingerprint density at radius 2 is 1.95 bits per heavy atom. The van der Waals surface area contributed by atoms with Gasteiger partial charge in [0.2, 0.25) is 0 Å². The molecule has 1 fully saturated rings. The van der Waals surface area contributed by atoms with Gasteiger partial charge in [0.25, 0.3) is 0 Å². The summed E-state index contributed by atoms with van der Waals surface area (Å²) in [5.41, 5.74) is -0.247. The second-order valence-corrected chi connectivity index (χ2v) is 5.56. The first-order valence-corrected chi connectivity index (χ1v) is 6.92. The Morgan fingerprint density at radius 3 is 2.60 bits per heavy atom. The van der Waals surface area contributed by atoms with Crippen molar-refractivity contribution < 1.29 is 18.3 Å². The molecule has 0 aliphatic carbocycles. The number of rotatable bonds is 3. The van der Waals surface area contributed by atoms with Crippen molar-refractivity contribution in [2.75, 3.05) is 13.2 Å². The molecule has 1 aliphatic heterocycles. The molecule has 5 heteroatoms. The van der Waals surface area contributed by atoms with Crippen LogP contribution >= 0.6 is 0 Å². The summed E-state index contributed by atoms with van der Waals surface area (Å²) in [7, 11) is 0. The van der Waals surface area contributed by atoms with Gasteiger partial charge in [0, 0.05) is 25.7 Å². The average Bonchev–Trinajstić information content (AvgIpc) is 2.41. The number of nitrogens with zero attached hydrogens (tertiary/aromatic N) is 1. The van der Waals surface area contributed by atoms with Crippen molar-refractivity contribution in [1.82, 2.24) is 4.90 Å². The highest BCUT2D eigenvalue weighted by Gasteiger charge is 2.34. The molecule has 0 saturated carbocycles. The Balaban J connectivity index is 2.17. The fourth-order valence-corrected chi connectivity index (χ4v) is 2.79. The van der Waals surface area contributed by atoms with Crippen LogP contribution in [0.2, 0.25) is 0 Å². The molecule has 0 aromatic heterocycles. The summed E-state index contributed by atoms with van der Waals surface area (Å²) >= 11 is 0. The van der Waals surface area contributed by atoms with E-state index in [1.54, 1.807) is 6.07 Å². The molecule has 1 aromatic carbocycles. The van der Waals surface area contributed by atoms with Gasteiger partial charge in [0.15, 0.2) is 0 Å². The molecular weight excluding hydrogens is 267 g/mol. The molecular formula is C15H20F3NO. The van der Waals surface area contributed by atoms with Gasteiger partial charge in [-0.2, -0.15) is 13.2 Å². The first-order chi connectivity index (χ1) is 9.41. The van der Waals surface area contributed by atoms with E-state index in [4.69, 9.17) is 0 Å². The van der Waals surface area contributed by atoms with Crippen LogP contribution in [0.5, 0.6) is 0 Å². The molecule has 2 atom stereocenters. The molecule has 1 aliphatic rings. The summed E-state index contributed by atoms with van der Waals surface area (Å²) < 4.78 is 39.0. The third-order valence-corrected chi connectivity index (χ3v) is 4.06. The predicted octanol–water partition coefficient (Wildman–Crippen LogP) is 3.30. The van der Waals surface area contributed by atoms with E-state index < -0.39 is 11.7 Å². The van der Waals surface area contributed by atoms with Gasteiger partial charge in [-0.05, 0) is 37.3 Å². The molecule has 2 nitrogen and oxygen atoms in total. The SMILES string of the molecule is CC1CCC(CO)CN1Cc1ccccc1C(F)(F)F. The van der Waals surface area contributed by atoms with Crippen LogP contribution in [0.3, 0.4) is 0 Å². The van der Waals surface area contributed by atoms with Crippen molar-refractivity contribution in [1.29, 1.82) is 0 Å². The highest BCUT2D eigenvalue weighted by atomic mass is 19.4. The number of hydrogen-bond acceptors (Lipinski definition) is 2. The lowest BCUT2D eigenvalue weighted by molar-refractivity contribution is -0.138. The lowest BCUT2D eigenvalue weighted by Crippen LogP contribution is -2.42. The zero-order valence-electron chi connectivity index (χ0n) is 11.5. The van der Waals surface area contributed by atoms with Gasteiger partial charge in [-0.15, -0.1) is 0 Å². The Bertz CT molecular complexity index is 447. The zero-order chi connectivity index (χ0) is 14.8. The largest absolute Gasteiger partial charge is 0.416 e. The van der Waals surface area contributed by atoms with Gasteiger partial charge in [-0.3, -0.25) is 4.90 Å². The first kappa shape index (κ1) is 15.3. The summed E-state index contributed by atoms with van der Waals surface area (Å²) in [5.74, 6) is 0.171. The summed E-state index contributed by atoms with van der Waals surface area (Å²) in [6.45, 7) is 3.07. The van der Waals surface area contributed by atoms with Crippen molar-refractivity contribution >= 4 is 0 Å². The second kappa shape index (κ2) is 6.14. The lowest BCUT2D eigenvalue weighted by Gasteiger charge is -2.37. The minimum atomic E-state index is -4.31. The van der Waals surface area contributed by atoms with Crippen LogP contribution in [-0.4, -0.2) is 29.2 Å². The van der Waals surface area contributed by atoms with Crippen LogP contribution in [0, 0.1) is 5.92 Å². The van der Waals surface area contributed by atoms with Crippen molar-refractivity contribution in [2.45, 2.75) is 38.5 Å². The van der Waals surface area contributed by atoms with E-state index >= 15 is 0 Å². The van der Waals surface area contributed by atoms with E-state index in [1.807, 2.05) is 11.8 Å². The van der Waals surface area contributed by atoms with E-state index in [1.165, 1.54) is 12.1 Å². The maximum atomic E-state index is 13.0. The highest BCUT2D eigenvalue weighted by molar-refractivity contribution is 5.29. The Hall–Kier alpha value is -1.07. The molecule has 112 valence electrons. The zero-order valence-corrected chi connectivity index (χ0v) is 11.5. The maximum absolute atomic E-state index is 13.0. The number of hydrogen-bond donors (Lipinski definition) is 1. The molecule has 1 N–H and O–H groups in total. The minimum absolute atomic E-state index is 0.101. The normalized spacial score (nSPS) is 24.9. The van der Waals surface area contributed by atoms with Gasteiger partial charge in [-0.25, -0.2) is 0 Å². The van der Waals surface area contributed by atoms with Crippen molar-refractivity contribution in [3.63, 3.8) is 0 Å². The van der Waals surface area contributed by atoms with Gasteiger partial charge in [0.1, 0.15) is 0 Å². The number of likely N-dealkylation sites (tertiary alicyclic amines) is 1. The fourth-order valence-electron chi connectivity index (χ4n) is 2.79. The van der Waals surface area contributed by atoms with Gasteiger partial charge in [-0.1, -0.05) is 18.2 Å². The van der Waals surface area contributed by atoms with Crippen LogP contribution in [0.1, 0.15) is 30.9 Å². The van der Waals surface area contributed by atoms with Crippen LogP contribution in [0.4, 0.5) is 13.2 Å². The summed E-state index contributed by atoms with van der Waals surface area (Å²) in [4.78, 5) is 2.04. The minimum Gasteiger partial charge on any atom is -0.396 e. The maximum Gasteiger partial charge on any atom is 0.416 e. The molecule has 2 unspecified atom stereocenters. The number of aliphatic hydroxyl groups excluding tert-OH is 1. The Kier molecular flexibility index (Phi) is 4.70. The number of benzene rings is 1. The highest BCUT2D eigenvalue weighted by Crippen LogP contribution is 2.33. The molecule has 20 heavy (non-hydrogen) atoms. The monoisotopic (exact) mass is 287 g/mol. The Labute approximate surface area is 117 Å². The average molecular weight is 287 g/mol. The first-order valence-electron chi connectivity index (χ1n) is 6.92. The van der Waals surface area contributed by atoms with Gasteiger partial charge >= 0.3 is 6.18 Å². The molecule has 2 rings (SSSR count). The molecule has 0 spiro atoms. The molecule has 0 amide bonds. The standard InChI is InChI=1S/C15H20F3NO/c1-11-6-7-12(10-20)8-19(11)9-13-4-2-3-5-14(13)15(16,17)18/h2-5,11-12,20H,6-10H2,1H3. The number of halogens is 3. The van der Waals surface area contributed by atoms with Crippen LogP contribution < -0.4 is 0 Å². The third kappa shape index (κ3) is 3.52. The van der Waals surface area contributed by atoms with E-state index in [0.717, 1.165) is 18.9 Å². The van der Waals surface area contributed by atoms with E-state index in [-0.39, 0.29) is 25.1 Å². The Morgan fingerprint density at radius 1 is 1.25 bits per heavy atom. The smallest absolute Gasteiger partial charge is 0.396 e. The van der Waals surface area contributed by atoms with E-state index in [9.17, 15) is 18.3 Å². The van der Waals surface area contributed by atoms with Crippen molar-refractivity contribution in [2.24, 2.45) is 5.92 Å². The van der Waals surface area contributed by atoms with Gasteiger partial charge in [0.05, 0.1) is 5.56 Å². The molecule has 1 saturated heterocycles. The van der Waals surface area contributed by atoms with Crippen molar-refractivity contribution in [3.8, 4) is 0 Å².